The number of halogens is 2. The van der Waals surface area contributed by atoms with Gasteiger partial charge in [0.1, 0.15) is 11.6 Å². The monoisotopic (exact) mass is 389 g/mol. The molecule has 1 amide bonds. The van der Waals surface area contributed by atoms with Crippen molar-refractivity contribution in [2.24, 2.45) is 0 Å². The van der Waals surface area contributed by atoms with Crippen molar-refractivity contribution >= 4 is 23.2 Å². The van der Waals surface area contributed by atoms with Crippen LogP contribution in [0.1, 0.15) is 56.8 Å². The standard InChI is InChI=1S/C19H21F2N5O2/c1-10(27)13-6-16(25-17(24-13)18(3,20)21)26-9-19(4-5-19)12-8-22-15(7-14(12)26)23-11(2)28/h6-8,10,27H,4-5,9H2,1-3H3,(H,22,23,28). The maximum absolute atomic E-state index is 14.0. The first kappa shape index (κ1) is 18.7. The number of aliphatic hydroxyl groups is 1. The van der Waals surface area contributed by atoms with Gasteiger partial charge in [0.2, 0.25) is 11.7 Å². The summed E-state index contributed by atoms with van der Waals surface area (Å²) in [5.41, 5.74) is 1.86. The van der Waals surface area contributed by atoms with Crippen LogP contribution in [-0.4, -0.2) is 32.5 Å². The molecule has 148 valence electrons. The molecule has 1 aliphatic carbocycles. The first-order valence-electron chi connectivity index (χ1n) is 9.10. The van der Waals surface area contributed by atoms with Gasteiger partial charge in [0.25, 0.3) is 0 Å². The Morgan fingerprint density at radius 2 is 2.07 bits per heavy atom. The van der Waals surface area contributed by atoms with E-state index in [0.29, 0.717) is 18.2 Å². The summed E-state index contributed by atoms with van der Waals surface area (Å²) < 4.78 is 27.9. The topological polar surface area (TPSA) is 91.2 Å². The van der Waals surface area contributed by atoms with Crippen LogP contribution in [0.15, 0.2) is 18.3 Å². The molecular weight excluding hydrogens is 368 g/mol. The maximum atomic E-state index is 14.0. The number of nitrogens with one attached hydrogen (secondary N) is 1. The molecule has 1 aliphatic heterocycles. The number of fused-ring (bicyclic) bond motifs is 2. The highest BCUT2D eigenvalue weighted by atomic mass is 19.3. The zero-order chi connectivity index (χ0) is 20.3. The average molecular weight is 389 g/mol. The molecule has 4 rings (SSSR count). The number of aromatic nitrogens is 3. The van der Waals surface area contributed by atoms with Crippen LogP contribution in [0.2, 0.25) is 0 Å². The van der Waals surface area contributed by atoms with Crippen molar-refractivity contribution in [1.29, 1.82) is 0 Å². The van der Waals surface area contributed by atoms with Crippen LogP contribution in [0, 0.1) is 0 Å². The highest BCUT2D eigenvalue weighted by molar-refractivity contribution is 5.89. The summed E-state index contributed by atoms with van der Waals surface area (Å²) in [4.78, 5) is 25.5. The van der Waals surface area contributed by atoms with Crippen molar-refractivity contribution in [2.75, 3.05) is 16.8 Å². The van der Waals surface area contributed by atoms with E-state index in [0.717, 1.165) is 31.0 Å². The lowest BCUT2D eigenvalue weighted by Crippen LogP contribution is -2.23. The zero-order valence-corrected chi connectivity index (χ0v) is 15.8. The Hall–Kier alpha value is -2.68. The number of hydrogen-bond acceptors (Lipinski definition) is 6. The molecule has 3 heterocycles. The molecule has 0 aromatic carbocycles. The van der Waals surface area contributed by atoms with E-state index < -0.39 is 17.9 Å². The second-order valence-electron chi connectivity index (χ2n) is 7.67. The van der Waals surface area contributed by atoms with Gasteiger partial charge in [-0.3, -0.25) is 4.79 Å². The molecule has 1 spiro atoms. The van der Waals surface area contributed by atoms with Crippen molar-refractivity contribution in [2.45, 2.75) is 51.1 Å². The summed E-state index contributed by atoms with van der Waals surface area (Å²) in [5.74, 6) is -3.42. The third-order valence-corrected chi connectivity index (χ3v) is 5.19. The summed E-state index contributed by atoms with van der Waals surface area (Å²) >= 11 is 0. The van der Waals surface area contributed by atoms with Crippen molar-refractivity contribution < 1.29 is 18.7 Å². The molecule has 0 radical (unpaired) electrons. The second-order valence-corrected chi connectivity index (χ2v) is 7.67. The van der Waals surface area contributed by atoms with E-state index in [1.54, 1.807) is 12.3 Å². The molecule has 1 atom stereocenters. The van der Waals surface area contributed by atoms with Crippen LogP contribution in [0.4, 0.5) is 26.1 Å². The predicted molar refractivity (Wildman–Crippen MR) is 98.7 cm³/mol. The molecule has 2 aromatic heterocycles. The lowest BCUT2D eigenvalue weighted by Gasteiger charge is -2.22. The summed E-state index contributed by atoms with van der Waals surface area (Å²) in [6, 6.07) is 3.27. The van der Waals surface area contributed by atoms with Gasteiger partial charge >= 0.3 is 5.92 Å². The number of aliphatic hydroxyl groups excluding tert-OH is 1. The third-order valence-electron chi connectivity index (χ3n) is 5.19. The van der Waals surface area contributed by atoms with Crippen molar-refractivity contribution in [3.8, 4) is 0 Å². The molecule has 0 saturated heterocycles. The first-order valence-corrected chi connectivity index (χ1v) is 9.10. The van der Waals surface area contributed by atoms with Crippen LogP contribution in [0.25, 0.3) is 0 Å². The molecule has 0 bridgehead atoms. The summed E-state index contributed by atoms with van der Waals surface area (Å²) in [7, 11) is 0. The Balaban J connectivity index is 1.83. The van der Waals surface area contributed by atoms with Crippen molar-refractivity contribution in [3.63, 3.8) is 0 Å². The highest BCUT2D eigenvalue weighted by Gasteiger charge is 2.52. The third kappa shape index (κ3) is 3.19. The van der Waals surface area contributed by atoms with Crippen molar-refractivity contribution in [3.05, 3.63) is 35.4 Å². The van der Waals surface area contributed by atoms with Gasteiger partial charge in [-0.1, -0.05) is 0 Å². The van der Waals surface area contributed by atoms with Crippen LogP contribution < -0.4 is 10.2 Å². The van der Waals surface area contributed by atoms with E-state index >= 15 is 0 Å². The zero-order valence-electron chi connectivity index (χ0n) is 15.8. The predicted octanol–water partition coefficient (Wildman–Crippen LogP) is 3.18. The molecule has 1 unspecified atom stereocenters. The van der Waals surface area contributed by atoms with E-state index in [1.807, 2.05) is 4.90 Å². The van der Waals surface area contributed by atoms with E-state index in [9.17, 15) is 18.7 Å². The van der Waals surface area contributed by atoms with E-state index in [4.69, 9.17) is 0 Å². The number of anilines is 3. The van der Waals surface area contributed by atoms with Gasteiger partial charge in [-0.15, -0.1) is 0 Å². The average Bonchev–Trinajstić information content (AvgIpc) is 3.31. The highest BCUT2D eigenvalue weighted by Crippen LogP contribution is 2.58. The number of pyridine rings is 1. The smallest absolute Gasteiger partial charge is 0.303 e. The number of carbonyl (C=O) groups excluding carboxylic acids is 1. The minimum absolute atomic E-state index is 0.0675. The van der Waals surface area contributed by atoms with E-state index in [2.05, 4.69) is 20.3 Å². The Morgan fingerprint density at radius 1 is 1.36 bits per heavy atom. The van der Waals surface area contributed by atoms with Gasteiger partial charge in [0.05, 0.1) is 17.5 Å². The largest absolute Gasteiger partial charge is 0.387 e. The van der Waals surface area contributed by atoms with Crippen LogP contribution in [-0.2, 0) is 16.1 Å². The Labute approximate surface area is 160 Å². The number of hydrogen-bond donors (Lipinski definition) is 2. The van der Waals surface area contributed by atoms with Crippen LogP contribution in [0.3, 0.4) is 0 Å². The molecule has 9 heteroatoms. The van der Waals surface area contributed by atoms with E-state index in [-0.39, 0.29) is 17.0 Å². The van der Waals surface area contributed by atoms with Gasteiger partial charge in [0, 0.05) is 49.7 Å². The second kappa shape index (κ2) is 6.16. The van der Waals surface area contributed by atoms with Gasteiger partial charge in [-0.05, 0) is 19.8 Å². The maximum Gasteiger partial charge on any atom is 0.303 e. The first-order chi connectivity index (χ1) is 13.1. The minimum Gasteiger partial charge on any atom is -0.387 e. The lowest BCUT2D eigenvalue weighted by molar-refractivity contribution is -0.114. The van der Waals surface area contributed by atoms with Crippen LogP contribution >= 0.6 is 0 Å². The summed E-state index contributed by atoms with van der Waals surface area (Å²) in [6.45, 7) is 4.18. The quantitative estimate of drug-likeness (QED) is 0.835. The molecule has 28 heavy (non-hydrogen) atoms. The van der Waals surface area contributed by atoms with Gasteiger partial charge in [0.15, 0.2) is 0 Å². The number of rotatable bonds is 4. The van der Waals surface area contributed by atoms with Gasteiger partial charge in [-0.25, -0.2) is 15.0 Å². The normalized spacial score (nSPS) is 18.1. The molecule has 2 N–H and O–H groups in total. The molecule has 2 aliphatic rings. The molecule has 1 saturated carbocycles. The number of carbonyl (C=O) groups is 1. The summed E-state index contributed by atoms with van der Waals surface area (Å²) in [6.07, 6.45) is 2.68. The SMILES string of the molecule is CC(=O)Nc1cc2c(cn1)C1(CC1)CN2c1cc(C(C)O)nc(C(C)(F)F)n1. The fourth-order valence-electron chi connectivity index (χ4n) is 3.58. The van der Waals surface area contributed by atoms with Gasteiger partial charge < -0.3 is 15.3 Å². The minimum atomic E-state index is -3.24. The van der Waals surface area contributed by atoms with Crippen LogP contribution in [0.5, 0.6) is 0 Å². The van der Waals surface area contributed by atoms with Crippen molar-refractivity contribution in [1.82, 2.24) is 15.0 Å². The Kier molecular flexibility index (Phi) is 4.11. The van der Waals surface area contributed by atoms with E-state index in [1.165, 1.54) is 19.9 Å². The molecular formula is C19H21F2N5O2. The molecule has 1 fully saturated rings. The number of nitrogens with zero attached hydrogens (tertiary/aromatic N) is 4. The van der Waals surface area contributed by atoms with Gasteiger partial charge in [-0.2, -0.15) is 8.78 Å². The number of alkyl halides is 2. The lowest BCUT2D eigenvalue weighted by atomic mass is 10.0. The summed E-state index contributed by atoms with van der Waals surface area (Å²) in [5, 5.41) is 12.6. The Bertz CT molecular complexity index is 954. The Morgan fingerprint density at radius 3 is 2.64 bits per heavy atom. The number of amides is 1. The molecule has 7 nitrogen and oxygen atoms in total. The fourth-order valence-corrected chi connectivity index (χ4v) is 3.58. The fraction of sp³-hybridized carbons (Fsp3) is 0.474. The molecule has 2 aromatic rings.